The Labute approximate surface area is 115 Å². The van der Waals surface area contributed by atoms with E-state index >= 15 is 0 Å². The van der Waals surface area contributed by atoms with Crippen LogP contribution in [0.25, 0.3) is 0 Å². The van der Waals surface area contributed by atoms with Gasteiger partial charge in [0.25, 0.3) is 0 Å². The number of nitrogens with two attached hydrogens (primary N) is 1. The Bertz CT molecular complexity index is 394. The molecule has 3 heteroatoms. The molecular formula is C15H23ClN2. The van der Waals surface area contributed by atoms with Crippen molar-refractivity contribution in [3.8, 4) is 0 Å². The Morgan fingerprint density at radius 2 is 2.28 bits per heavy atom. The average molecular weight is 267 g/mol. The van der Waals surface area contributed by atoms with Crippen LogP contribution in [-0.2, 0) is 0 Å². The normalized spacial score (nSPS) is 27.1. The van der Waals surface area contributed by atoms with Crippen molar-refractivity contribution in [1.29, 1.82) is 0 Å². The van der Waals surface area contributed by atoms with E-state index in [1.54, 1.807) is 0 Å². The first kappa shape index (κ1) is 13.9. The molecule has 0 aromatic heterocycles. The minimum atomic E-state index is 0.359. The Balaban J connectivity index is 2.14. The highest BCUT2D eigenvalue weighted by Crippen LogP contribution is 2.30. The number of nitrogens with zero attached hydrogens (tertiary/aromatic N) is 1. The first-order valence-electron chi connectivity index (χ1n) is 6.87. The molecule has 0 amide bonds. The molecule has 1 aliphatic rings. The third-order valence-corrected chi connectivity index (χ3v) is 4.30. The number of halogens is 1. The third-order valence-electron chi connectivity index (χ3n) is 4.06. The van der Waals surface area contributed by atoms with Crippen LogP contribution in [0.2, 0.25) is 5.02 Å². The van der Waals surface area contributed by atoms with Crippen molar-refractivity contribution in [2.75, 3.05) is 13.1 Å². The number of likely N-dealkylation sites (tertiary alicyclic amines) is 1. The fraction of sp³-hybridized carbons (Fsp3) is 0.600. The summed E-state index contributed by atoms with van der Waals surface area (Å²) in [5.74, 6) is 0.576. The first-order chi connectivity index (χ1) is 8.61. The second-order valence-electron chi connectivity index (χ2n) is 5.40. The van der Waals surface area contributed by atoms with Crippen LogP contribution in [0, 0.1) is 5.92 Å². The number of hydrogen-bond acceptors (Lipinski definition) is 2. The summed E-state index contributed by atoms with van der Waals surface area (Å²) in [5, 5.41) is 0.827. The minimum absolute atomic E-state index is 0.359. The highest BCUT2D eigenvalue weighted by molar-refractivity contribution is 6.30. The molecule has 1 heterocycles. The molecular weight excluding hydrogens is 244 g/mol. The molecule has 1 saturated heterocycles. The second kappa shape index (κ2) is 6.05. The Hall–Kier alpha value is -0.570. The molecule has 1 aromatic carbocycles. The summed E-state index contributed by atoms with van der Waals surface area (Å²) < 4.78 is 0. The van der Waals surface area contributed by atoms with Crippen molar-refractivity contribution in [3.63, 3.8) is 0 Å². The zero-order valence-corrected chi connectivity index (χ0v) is 12.0. The number of piperidine rings is 1. The molecule has 0 bridgehead atoms. The van der Waals surface area contributed by atoms with E-state index in [1.165, 1.54) is 5.56 Å². The summed E-state index contributed by atoms with van der Waals surface area (Å²) in [5.41, 5.74) is 7.42. The van der Waals surface area contributed by atoms with Gasteiger partial charge in [0, 0.05) is 30.2 Å². The highest BCUT2D eigenvalue weighted by Gasteiger charge is 2.27. The van der Waals surface area contributed by atoms with E-state index in [-0.39, 0.29) is 0 Å². The number of hydrogen-bond donors (Lipinski definition) is 1. The zero-order valence-electron chi connectivity index (χ0n) is 11.3. The van der Waals surface area contributed by atoms with E-state index in [9.17, 15) is 0 Å². The lowest BCUT2D eigenvalue weighted by molar-refractivity contribution is 0.113. The van der Waals surface area contributed by atoms with Crippen LogP contribution in [0.4, 0.5) is 0 Å². The van der Waals surface area contributed by atoms with Crippen LogP contribution in [0.3, 0.4) is 0 Å². The highest BCUT2D eigenvalue weighted by atomic mass is 35.5. The van der Waals surface area contributed by atoms with E-state index < -0.39 is 0 Å². The molecule has 2 rings (SSSR count). The molecule has 3 atom stereocenters. The third kappa shape index (κ3) is 3.05. The lowest BCUT2D eigenvalue weighted by atomic mass is 9.91. The van der Waals surface area contributed by atoms with E-state index in [1.807, 2.05) is 12.1 Å². The summed E-state index contributed by atoms with van der Waals surface area (Å²) in [6, 6.07) is 9.08. The Morgan fingerprint density at radius 3 is 2.89 bits per heavy atom. The average Bonchev–Trinajstić information content (AvgIpc) is 2.35. The zero-order chi connectivity index (χ0) is 13.1. The molecule has 0 spiro atoms. The van der Waals surface area contributed by atoms with E-state index in [2.05, 4.69) is 30.9 Å². The van der Waals surface area contributed by atoms with Crippen LogP contribution in [0.5, 0.6) is 0 Å². The van der Waals surface area contributed by atoms with Gasteiger partial charge in [-0.25, -0.2) is 0 Å². The summed E-state index contributed by atoms with van der Waals surface area (Å²) in [6.45, 7) is 6.68. The van der Waals surface area contributed by atoms with E-state index in [0.717, 1.165) is 31.0 Å². The Kier molecular flexibility index (Phi) is 4.66. The standard InChI is InChI=1S/C15H23ClN2/c1-3-15(12-5-4-6-13(16)9-12)18-8-7-14(17)11(2)10-18/h4-6,9,11,14-15H,3,7-8,10,17H2,1-2H3. The van der Waals surface area contributed by atoms with Crippen LogP contribution < -0.4 is 5.73 Å². The van der Waals surface area contributed by atoms with Crippen molar-refractivity contribution in [2.24, 2.45) is 11.7 Å². The fourth-order valence-corrected chi connectivity index (χ4v) is 3.10. The molecule has 0 aliphatic carbocycles. The predicted molar refractivity (Wildman–Crippen MR) is 77.8 cm³/mol. The maximum absolute atomic E-state index is 6.10. The van der Waals surface area contributed by atoms with Gasteiger partial charge in [-0.1, -0.05) is 37.6 Å². The van der Waals surface area contributed by atoms with Crippen LogP contribution in [-0.4, -0.2) is 24.0 Å². The van der Waals surface area contributed by atoms with Gasteiger partial charge in [0.15, 0.2) is 0 Å². The van der Waals surface area contributed by atoms with Gasteiger partial charge >= 0.3 is 0 Å². The molecule has 1 aliphatic heterocycles. The number of benzene rings is 1. The SMILES string of the molecule is CCC(c1cccc(Cl)c1)N1CCC(N)C(C)C1. The summed E-state index contributed by atoms with van der Waals surface area (Å²) in [4.78, 5) is 2.56. The fourth-order valence-electron chi connectivity index (χ4n) is 2.90. The van der Waals surface area contributed by atoms with Crippen molar-refractivity contribution in [1.82, 2.24) is 4.90 Å². The molecule has 2 nitrogen and oxygen atoms in total. The Morgan fingerprint density at radius 1 is 1.50 bits per heavy atom. The summed E-state index contributed by atoms with van der Waals surface area (Å²) >= 11 is 6.10. The van der Waals surface area contributed by atoms with Crippen LogP contribution >= 0.6 is 11.6 Å². The molecule has 0 radical (unpaired) electrons. The van der Waals surface area contributed by atoms with Crippen molar-refractivity contribution in [3.05, 3.63) is 34.9 Å². The maximum atomic E-state index is 6.10. The van der Waals surface area contributed by atoms with Gasteiger partial charge in [0.1, 0.15) is 0 Å². The lowest BCUT2D eigenvalue weighted by Gasteiger charge is -2.40. The summed E-state index contributed by atoms with van der Waals surface area (Å²) in [7, 11) is 0. The quantitative estimate of drug-likeness (QED) is 0.908. The van der Waals surface area contributed by atoms with Crippen molar-refractivity contribution in [2.45, 2.75) is 38.8 Å². The maximum Gasteiger partial charge on any atom is 0.0409 e. The first-order valence-corrected chi connectivity index (χ1v) is 7.24. The van der Waals surface area contributed by atoms with Crippen LogP contribution in [0.1, 0.15) is 38.3 Å². The molecule has 0 saturated carbocycles. The lowest BCUT2D eigenvalue weighted by Crippen LogP contribution is -2.47. The number of rotatable bonds is 3. The van der Waals surface area contributed by atoms with Gasteiger partial charge in [-0.2, -0.15) is 0 Å². The van der Waals surface area contributed by atoms with E-state index in [0.29, 0.717) is 18.0 Å². The topological polar surface area (TPSA) is 29.3 Å². The largest absolute Gasteiger partial charge is 0.327 e. The molecule has 1 aromatic rings. The van der Waals surface area contributed by atoms with Gasteiger partial charge < -0.3 is 5.73 Å². The molecule has 18 heavy (non-hydrogen) atoms. The predicted octanol–water partition coefficient (Wildman–Crippen LogP) is 3.46. The van der Waals surface area contributed by atoms with E-state index in [4.69, 9.17) is 17.3 Å². The smallest absolute Gasteiger partial charge is 0.0409 e. The second-order valence-corrected chi connectivity index (χ2v) is 5.84. The van der Waals surface area contributed by atoms with Gasteiger partial charge in [-0.15, -0.1) is 0 Å². The van der Waals surface area contributed by atoms with Crippen molar-refractivity contribution < 1.29 is 0 Å². The van der Waals surface area contributed by atoms with Gasteiger partial charge in [-0.3, -0.25) is 4.90 Å². The molecule has 1 fully saturated rings. The molecule has 100 valence electrons. The molecule has 3 unspecified atom stereocenters. The van der Waals surface area contributed by atoms with Gasteiger partial charge in [-0.05, 0) is 36.5 Å². The minimum Gasteiger partial charge on any atom is -0.327 e. The van der Waals surface area contributed by atoms with Gasteiger partial charge in [0.2, 0.25) is 0 Å². The monoisotopic (exact) mass is 266 g/mol. The molecule has 2 N–H and O–H groups in total. The van der Waals surface area contributed by atoms with Crippen LogP contribution in [0.15, 0.2) is 24.3 Å². The van der Waals surface area contributed by atoms with Crippen molar-refractivity contribution >= 4 is 11.6 Å². The van der Waals surface area contributed by atoms with Gasteiger partial charge in [0.05, 0.1) is 0 Å². The summed E-state index contributed by atoms with van der Waals surface area (Å²) in [6.07, 6.45) is 2.21.